The number of nitrogens with zero attached hydrogens (tertiary/aromatic N) is 2. The van der Waals surface area contributed by atoms with Crippen LogP contribution in [0.4, 0.5) is 16.3 Å². The van der Waals surface area contributed by atoms with Gasteiger partial charge in [-0.05, 0) is 25.5 Å². The van der Waals surface area contributed by atoms with Crippen LogP contribution in [0, 0.1) is 0 Å². The highest BCUT2D eigenvalue weighted by molar-refractivity contribution is 5.89. The Labute approximate surface area is 131 Å². The molecule has 0 saturated carbocycles. The minimum absolute atomic E-state index is 0.0560. The van der Waals surface area contributed by atoms with Crippen LogP contribution < -0.4 is 15.5 Å². The smallest absolute Gasteiger partial charge is 0.319 e. The molecule has 22 heavy (non-hydrogen) atoms. The van der Waals surface area contributed by atoms with Crippen molar-refractivity contribution in [3.05, 3.63) is 18.3 Å². The molecular formula is C15H24N4O3. The summed E-state index contributed by atoms with van der Waals surface area (Å²) in [5, 5.41) is 5.64. The summed E-state index contributed by atoms with van der Waals surface area (Å²) in [4.78, 5) is 18.4. The average Bonchev–Trinajstić information content (AvgIpc) is 2.54. The second-order valence-electron chi connectivity index (χ2n) is 5.29. The van der Waals surface area contributed by atoms with Gasteiger partial charge in [-0.1, -0.05) is 0 Å². The van der Waals surface area contributed by atoms with Crippen molar-refractivity contribution in [2.45, 2.75) is 19.4 Å². The Morgan fingerprint density at radius 3 is 2.86 bits per heavy atom. The molecule has 0 bridgehead atoms. The highest BCUT2D eigenvalue weighted by Gasteiger charge is 2.12. The SMILES string of the molecule is COCCC(C)NC(=O)Nc1ccc(N2CCOCC2)nc1. The third-order valence-corrected chi connectivity index (χ3v) is 3.47. The first-order chi connectivity index (χ1) is 10.7. The Balaban J connectivity index is 1.81. The van der Waals surface area contributed by atoms with E-state index in [1.807, 2.05) is 19.1 Å². The standard InChI is InChI=1S/C15H24N4O3/c1-12(5-8-21-2)17-15(20)18-13-3-4-14(16-11-13)19-6-9-22-10-7-19/h3-4,11-12H,5-10H2,1-2H3,(H2,17,18,20). The Hall–Kier alpha value is -1.86. The topological polar surface area (TPSA) is 75.7 Å². The number of anilines is 2. The first-order valence-electron chi connectivity index (χ1n) is 7.54. The third kappa shape index (κ3) is 5.16. The summed E-state index contributed by atoms with van der Waals surface area (Å²) in [7, 11) is 1.65. The van der Waals surface area contributed by atoms with Crippen LogP contribution in [-0.4, -0.2) is 57.1 Å². The Morgan fingerprint density at radius 1 is 1.45 bits per heavy atom. The fourth-order valence-electron chi connectivity index (χ4n) is 2.20. The molecular weight excluding hydrogens is 284 g/mol. The molecule has 0 aromatic carbocycles. The summed E-state index contributed by atoms with van der Waals surface area (Å²) in [5.74, 6) is 0.905. The summed E-state index contributed by atoms with van der Waals surface area (Å²) in [6.07, 6.45) is 2.45. The van der Waals surface area contributed by atoms with Crippen LogP contribution in [0.3, 0.4) is 0 Å². The van der Waals surface area contributed by atoms with Gasteiger partial charge in [0.25, 0.3) is 0 Å². The summed E-state index contributed by atoms with van der Waals surface area (Å²) in [6.45, 7) is 5.71. The van der Waals surface area contributed by atoms with E-state index in [2.05, 4.69) is 20.5 Å². The fraction of sp³-hybridized carbons (Fsp3) is 0.600. The lowest BCUT2D eigenvalue weighted by Crippen LogP contribution is -2.37. The molecule has 0 radical (unpaired) electrons. The van der Waals surface area contributed by atoms with Crippen molar-refractivity contribution in [2.75, 3.05) is 50.2 Å². The lowest BCUT2D eigenvalue weighted by atomic mass is 10.2. The van der Waals surface area contributed by atoms with Gasteiger partial charge in [0.05, 0.1) is 25.1 Å². The van der Waals surface area contributed by atoms with Crippen LogP contribution in [0.25, 0.3) is 0 Å². The monoisotopic (exact) mass is 308 g/mol. The van der Waals surface area contributed by atoms with Gasteiger partial charge in [0.15, 0.2) is 0 Å². The van der Waals surface area contributed by atoms with Crippen LogP contribution in [0.1, 0.15) is 13.3 Å². The van der Waals surface area contributed by atoms with E-state index in [1.54, 1.807) is 13.3 Å². The molecule has 0 spiro atoms. The van der Waals surface area contributed by atoms with Gasteiger partial charge in [-0.3, -0.25) is 0 Å². The second-order valence-corrected chi connectivity index (χ2v) is 5.29. The molecule has 2 heterocycles. The molecule has 1 aliphatic heterocycles. The van der Waals surface area contributed by atoms with Gasteiger partial charge in [0.1, 0.15) is 5.82 Å². The van der Waals surface area contributed by atoms with Crippen LogP contribution >= 0.6 is 0 Å². The molecule has 2 rings (SSSR count). The van der Waals surface area contributed by atoms with Gasteiger partial charge in [-0.25, -0.2) is 9.78 Å². The number of nitrogens with one attached hydrogen (secondary N) is 2. The zero-order valence-electron chi connectivity index (χ0n) is 13.2. The van der Waals surface area contributed by atoms with Crippen molar-refractivity contribution in [3.8, 4) is 0 Å². The van der Waals surface area contributed by atoms with Crippen LogP contribution in [0.5, 0.6) is 0 Å². The van der Waals surface area contributed by atoms with Crippen LogP contribution in [0.2, 0.25) is 0 Å². The number of hydrogen-bond acceptors (Lipinski definition) is 5. The van der Waals surface area contributed by atoms with E-state index in [-0.39, 0.29) is 12.1 Å². The molecule has 7 nitrogen and oxygen atoms in total. The molecule has 1 aromatic rings. The van der Waals surface area contributed by atoms with E-state index in [9.17, 15) is 4.79 Å². The highest BCUT2D eigenvalue weighted by atomic mass is 16.5. The number of amides is 2. The quantitative estimate of drug-likeness (QED) is 0.832. The molecule has 1 aliphatic rings. The molecule has 2 amide bonds. The minimum Gasteiger partial charge on any atom is -0.385 e. The van der Waals surface area contributed by atoms with E-state index in [1.165, 1.54) is 0 Å². The maximum Gasteiger partial charge on any atom is 0.319 e. The van der Waals surface area contributed by atoms with Crippen molar-refractivity contribution in [1.29, 1.82) is 0 Å². The number of morpholine rings is 1. The number of methoxy groups -OCH3 is 1. The van der Waals surface area contributed by atoms with E-state index < -0.39 is 0 Å². The molecule has 122 valence electrons. The van der Waals surface area contributed by atoms with Crippen molar-refractivity contribution in [1.82, 2.24) is 10.3 Å². The van der Waals surface area contributed by atoms with E-state index in [0.29, 0.717) is 12.3 Å². The number of carbonyl (C=O) groups excluding carboxylic acids is 1. The largest absolute Gasteiger partial charge is 0.385 e. The normalized spacial score (nSPS) is 16.2. The zero-order valence-corrected chi connectivity index (χ0v) is 13.2. The zero-order chi connectivity index (χ0) is 15.8. The first kappa shape index (κ1) is 16.5. The third-order valence-electron chi connectivity index (χ3n) is 3.47. The molecule has 1 saturated heterocycles. The lowest BCUT2D eigenvalue weighted by Gasteiger charge is -2.27. The number of pyridine rings is 1. The Kier molecular flexibility index (Phi) is 6.42. The molecule has 1 fully saturated rings. The van der Waals surface area contributed by atoms with Crippen molar-refractivity contribution in [2.24, 2.45) is 0 Å². The predicted molar refractivity (Wildman–Crippen MR) is 85.4 cm³/mol. The van der Waals surface area contributed by atoms with Crippen LogP contribution in [0.15, 0.2) is 18.3 Å². The molecule has 1 unspecified atom stereocenters. The Morgan fingerprint density at radius 2 is 2.23 bits per heavy atom. The number of ether oxygens (including phenoxy) is 2. The average molecular weight is 308 g/mol. The Bertz CT molecular complexity index is 460. The number of urea groups is 1. The number of hydrogen-bond donors (Lipinski definition) is 2. The van der Waals surface area contributed by atoms with Gasteiger partial charge >= 0.3 is 6.03 Å². The van der Waals surface area contributed by atoms with Gasteiger partial charge < -0.3 is 25.0 Å². The molecule has 1 atom stereocenters. The van der Waals surface area contributed by atoms with Gasteiger partial charge in [-0.2, -0.15) is 0 Å². The van der Waals surface area contributed by atoms with Crippen molar-refractivity contribution < 1.29 is 14.3 Å². The number of rotatable bonds is 6. The highest BCUT2D eigenvalue weighted by Crippen LogP contribution is 2.15. The molecule has 1 aromatic heterocycles. The van der Waals surface area contributed by atoms with Crippen molar-refractivity contribution in [3.63, 3.8) is 0 Å². The van der Waals surface area contributed by atoms with Gasteiger partial charge in [-0.15, -0.1) is 0 Å². The number of carbonyl (C=O) groups is 1. The summed E-state index contributed by atoms with van der Waals surface area (Å²) in [6, 6.07) is 3.59. The second kappa shape index (κ2) is 8.55. The summed E-state index contributed by atoms with van der Waals surface area (Å²) >= 11 is 0. The van der Waals surface area contributed by atoms with E-state index >= 15 is 0 Å². The van der Waals surface area contributed by atoms with Crippen LogP contribution in [-0.2, 0) is 9.47 Å². The van der Waals surface area contributed by atoms with Crippen molar-refractivity contribution >= 4 is 17.5 Å². The summed E-state index contributed by atoms with van der Waals surface area (Å²) < 4.78 is 10.3. The molecule has 7 heteroatoms. The summed E-state index contributed by atoms with van der Waals surface area (Å²) in [5.41, 5.74) is 0.674. The fourth-order valence-corrected chi connectivity index (χ4v) is 2.20. The van der Waals surface area contributed by atoms with Gasteiger partial charge in [0, 0.05) is 32.8 Å². The lowest BCUT2D eigenvalue weighted by molar-refractivity contribution is 0.122. The minimum atomic E-state index is -0.232. The van der Waals surface area contributed by atoms with Gasteiger partial charge in [0.2, 0.25) is 0 Å². The molecule has 0 aliphatic carbocycles. The first-order valence-corrected chi connectivity index (χ1v) is 7.54. The number of aromatic nitrogens is 1. The predicted octanol–water partition coefficient (Wildman–Crippen LogP) is 1.46. The van der Waals surface area contributed by atoms with E-state index in [4.69, 9.17) is 9.47 Å². The maximum absolute atomic E-state index is 11.9. The molecule has 2 N–H and O–H groups in total. The maximum atomic E-state index is 11.9. The van der Waals surface area contributed by atoms with E-state index in [0.717, 1.165) is 38.5 Å².